The zero-order valence-corrected chi connectivity index (χ0v) is 20.9. The van der Waals surface area contributed by atoms with E-state index < -0.39 is 17.1 Å². The average Bonchev–Trinajstić information content (AvgIpc) is 3.44. The molecule has 0 aliphatic heterocycles. The SMILES string of the molecule is CCC(C)[Si](OC(=O)C(C)C[Si](OC)(OC)OC)(C1CCCC1)C1CCCC1. The molecule has 0 aromatic heterocycles. The van der Waals surface area contributed by atoms with E-state index in [9.17, 15) is 4.79 Å². The number of hydrogen-bond donors (Lipinski definition) is 0. The lowest BCUT2D eigenvalue weighted by molar-refractivity contribution is -0.139. The van der Waals surface area contributed by atoms with Crippen LogP contribution in [0.1, 0.15) is 78.6 Å². The van der Waals surface area contributed by atoms with Gasteiger partial charge in [-0.2, -0.15) is 0 Å². The molecule has 0 N–H and O–H groups in total. The zero-order chi connectivity index (χ0) is 20.8. The Kier molecular flexibility index (Phi) is 9.20. The molecule has 7 heteroatoms. The number of carbonyl (C=O) groups excluding carboxylic acids is 1. The van der Waals surface area contributed by atoms with E-state index in [4.69, 9.17) is 17.7 Å². The summed E-state index contributed by atoms with van der Waals surface area (Å²) in [6.07, 6.45) is 11.3. The Bertz CT molecular complexity index is 461. The summed E-state index contributed by atoms with van der Waals surface area (Å²) in [6, 6.07) is 0.468. The molecule has 0 radical (unpaired) electrons. The average molecular weight is 431 g/mol. The largest absolute Gasteiger partial charge is 0.518 e. The van der Waals surface area contributed by atoms with Gasteiger partial charge in [-0.3, -0.25) is 4.79 Å². The topological polar surface area (TPSA) is 54.0 Å². The summed E-state index contributed by atoms with van der Waals surface area (Å²) in [5.41, 5.74) is 1.79. The number of hydrogen-bond acceptors (Lipinski definition) is 5. The second-order valence-corrected chi connectivity index (χ2v) is 16.5. The smallest absolute Gasteiger partial charge is 0.501 e. The van der Waals surface area contributed by atoms with Gasteiger partial charge in [0.25, 0.3) is 14.3 Å². The molecule has 0 heterocycles. The maximum absolute atomic E-state index is 13.4. The van der Waals surface area contributed by atoms with E-state index in [1.54, 1.807) is 21.3 Å². The molecule has 0 aromatic carbocycles. The fourth-order valence-electron chi connectivity index (χ4n) is 5.71. The molecule has 2 aliphatic rings. The fraction of sp³-hybridized carbons (Fsp3) is 0.952. The minimum absolute atomic E-state index is 0.0474. The monoisotopic (exact) mass is 430 g/mol. The third-order valence-electron chi connectivity index (χ3n) is 7.54. The molecule has 28 heavy (non-hydrogen) atoms. The van der Waals surface area contributed by atoms with Gasteiger partial charge in [0.05, 0.1) is 5.92 Å². The first-order valence-electron chi connectivity index (χ1n) is 11.3. The van der Waals surface area contributed by atoms with Gasteiger partial charge >= 0.3 is 8.80 Å². The van der Waals surface area contributed by atoms with Crippen LogP contribution < -0.4 is 0 Å². The molecule has 0 spiro atoms. The van der Waals surface area contributed by atoms with Crippen molar-refractivity contribution >= 4 is 23.1 Å². The van der Waals surface area contributed by atoms with Crippen molar-refractivity contribution in [2.24, 2.45) is 5.92 Å². The van der Waals surface area contributed by atoms with E-state index in [2.05, 4.69) is 13.8 Å². The predicted octanol–water partition coefficient (Wildman–Crippen LogP) is 5.68. The van der Waals surface area contributed by atoms with E-state index in [1.165, 1.54) is 51.4 Å². The van der Waals surface area contributed by atoms with Crippen molar-refractivity contribution in [3.8, 4) is 0 Å². The second kappa shape index (κ2) is 10.7. The van der Waals surface area contributed by atoms with Gasteiger partial charge in [0.1, 0.15) is 0 Å². The van der Waals surface area contributed by atoms with E-state index >= 15 is 0 Å². The quantitative estimate of drug-likeness (QED) is 0.395. The Morgan fingerprint density at radius 1 is 0.893 bits per heavy atom. The van der Waals surface area contributed by atoms with Crippen molar-refractivity contribution in [1.82, 2.24) is 0 Å². The molecule has 2 aliphatic carbocycles. The highest BCUT2D eigenvalue weighted by Crippen LogP contribution is 2.56. The van der Waals surface area contributed by atoms with Crippen LogP contribution in [-0.2, 0) is 22.5 Å². The van der Waals surface area contributed by atoms with Crippen LogP contribution in [0.15, 0.2) is 0 Å². The van der Waals surface area contributed by atoms with Crippen LogP contribution in [0.25, 0.3) is 0 Å². The minimum Gasteiger partial charge on any atom is -0.518 e. The molecule has 0 bridgehead atoms. The van der Waals surface area contributed by atoms with Gasteiger partial charge in [0, 0.05) is 27.4 Å². The minimum atomic E-state index is -2.80. The lowest BCUT2D eigenvalue weighted by atomic mass is 10.2. The first kappa shape index (κ1) is 24.1. The van der Waals surface area contributed by atoms with Gasteiger partial charge in [0.15, 0.2) is 0 Å². The first-order chi connectivity index (χ1) is 13.4. The van der Waals surface area contributed by atoms with Crippen LogP contribution >= 0.6 is 0 Å². The predicted molar refractivity (Wildman–Crippen MR) is 117 cm³/mol. The Hall–Kier alpha value is -0.216. The summed E-state index contributed by atoms with van der Waals surface area (Å²) in [7, 11) is -0.212. The van der Waals surface area contributed by atoms with Crippen molar-refractivity contribution in [2.45, 2.75) is 101 Å². The Labute approximate surface area is 174 Å². The van der Waals surface area contributed by atoms with Gasteiger partial charge in [-0.25, -0.2) is 0 Å². The second-order valence-electron chi connectivity index (χ2n) is 8.95. The summed E-state index contributed by atoms with van der Waals surface area (Å²) < 4.78 is 23.4. The summed E-state index contributed by atoms with van der Waals surface area (Å²) in [6.45, 7) is 6.58. The zero-order valence-electron chi connectivity index (χ0n) is 18.9. The van der Waals surface area contributed by atoms with Gasteiger partial charge < -0.3 is 17.7 Å². The van der Waals surface area contributed by atoms with E-state index in [1.807, 2.05) is 6.92 Å². The molecule has 2 atom stereocenters. The van der Waals surface area contributed by atoms with Gasteiger partial charge in [-0.05, 0) is 42.3 Å². The van der Waals surface area contributed by atoms with Crippen molar-refractivity contribution in [2.75, 3.05) is 21.3 Å². The lowest BCUT2D eigenvalue weighted by Gasteiger charge is -2.45. The molecule has 2 saturated carbocycles. The summed E-state index contributed by atoms with van der Waals surface area (Å²) in [4.78, 5) is 13.4. The third kappa shape index (κ3) is 4.91. The highest BCUT2D eigenvalue weighted by atomic mass is 28.4. The van der Waals surface area contributed by atoms with Gasteiger partial charge in [0.2, 0.25) is 0 Å². The molecule has 164 valence electrons. The molecule has 2 fully saturated rings. The number of carbonyl (C=O) groups is 1. The maximum atomic E-state index is 13.4. The fourth-order valence-corrected chi connectivity index (χ4v) is 14.2. The van der Waals surface area contributed by atoms with E-state index in [0.717, 1.165) is 6.42 Å². The third-order valence-corrected chi connectivity index (χ3v) is 16.7. The maximum Gasteiger partial charge on any atom is 0.501 e. The molecular weight excluding hydrogens is 388 g/mol. The van der Waals surface area contributed by atoms with Crippen molar-refractivity contribution in [3.05, 3.63) is 0 Å². The van der Waals surface area contributed by atoms with Crippen LogP contribution in [0.3, 0.4) is 0 Å². The van der Waals surface area contributed by atoms with Crippen LogP contribution in [0.2, 0.25) is 22.7 Å². The molecular formula is C21H42O5Si2. The molecule has 0 amide bonds. The highest BCUT2D eigenvalue weighted by Gasteiger charge is 2.57. The Balaban J connectivity index is 2.26. The summed E-state index contributed by atoms with van der Waals surface area (Å²) in [5, 5.41) is 0. The van der Waals surface area contributed by atoms with Crippen LogP contribution in [0.5, 0.6) is 0 Å². The normalized spacial score (nSPS) is 21.8. The first-order valence-corrected chi connectivity index (χ1v) is 15.3. The van der Waals surface area contributed by atoms with Crippen LogP contribution in [0.4, 0.5) is 0 Å². The van der Waals surface area contributed by atoms with Crippen molar-refractivity contribution < 1.29 is 22.5 Å². The molecule has 2 unspecified atom stereocenters. The van der Waals surface area contributed by atoms with Crippen LogP contribution in [-0.4, -0.2) is 44.4 Å². The van der Waals surface area contributed by atoms with E-state index in [0.29, 0.717) is 22.7 Å². The molecule has 0 aromatic rings. The Morgan fingerprint density at radius 2 is 1.32 bits per heavy atom. The standard InChI is InChI=1S/C21H42O5Si2/c1-7-18(3)28(19-12-8-9-13-19,20-14-10-11-15-20)26-21(22)17(2)16-27(23-4,24-5)25-6/h17-20H,7-16H2,1-6H3. The molecule has 2 rings (SSSR count). The molecule has 5 nitrogen and oxygen atoms in total. The van der Waals surface area contributed by atoms with Gasteiger partial charge in [-0.1, -0.05) is 52.9 Å². The van der Waals surface area contributed by atoms with Crippen molar-refractivity contribution in [3.63, 3.8) is 0 Å². The summed E-state index contributed by atoms with van der Waals surface area (Å²) >= 11 is 0. The van der Waals surface area contributed by atoms with Gasteiger partial charge in [-0.15, -0.1) is 0 Å². The van der Waals surface area contributed by atoms with Crippen LogP contribution in [0, 0.1) is 5.92 Å². The molecule has 0 saturated heterocycles. The summed E-state index contributed by atoms with van der Waals surface area (Å²) in [5.74, 6) is -0.320. The van der Waals surface area contributed by atoms with E-state index in [-0.39, 0.29) is 11.9 Å². The number of rotatable bonds is 11. The Morgan fingerprint density at radius 3 is 1.68 bits per heavy atom. The highest BCUT2D eigenvalue weighted by molar-refractivity contribution is 6.79. The van der Waals surface area contributed by atoms with Crippen molar-refractivity contribution in [1.29, 1.82) is 0 Å². The lowest BCUT2D eigenvalue weighted by Crippen LogP contribution is -2.53.